The summed E-state index contributed by atoms with van der Waals surface area (Å²) >= 11 is 0. The highest BCUT2D eigenvalue weighted by Gasteiger charge is 2.17. The van der Waals surface area contributed by atoms with Gasteiger partial charge in [0.15, 0.2) is 0 Å². The molecule has 232 valence electrons. The molecular weight excluding hydrogens is 563 g/mol. The maximum Gasteiger partial charge on any atom is 0.128 e. The first kappa shape index (κ1) is 32.7. The highest BCUT2D eigenvalue weighted by Crippen LogP contribution is 2.40. The first-order valence-corrected chi connectivity index (χ1v) is 18.1. The van der Waals surface area contributed by atoms with Gasteiger partial charge in [-0.15, -0.1) is 8.58 Å². The van der Waals surface area contributed by atoms with Crippen LogP contribution in [0.1, 0.15) is 69.2 Å². The van der Waals surface area contributed by atoms with Gasteiger partial charge < -0.3 is 4.74 Å². The molecule has 1 aliphatic rings. The zero-order valence-corrected chi connectivity index (χ0v) is 29.0. The number of hydrogen-bond donors (Lipinski definition) is 0. The third-order valence-corrected chi connectivity index (χ3v) is 10.3. The summed E-state index contributed by atoms with van der Waals surface area (Å²) in [4.78, 5) is 0. The molecule has 0 N–H and O–H groups in total. The standard InChI is InChI=1S/C33H26O.C6H14.C4H9P/c1-22-3-7-26-9-5-24(18-29(26)15-22)17-25-6-10-28-12-14-33(21-31(28)19-25)34-32-13-11-27-8-4-23(2)16-30(27)20-32;1-4-6(3)5-2;1-2-4-3-5-4/h3-16,18-21H,17H2,1-2H3;6H,4-5H2,1-3H3;4-5H,2-3H2,1H3. The van der Waals surface area contributed by atoms with Gasteiger partial charge in [-0.2, -0.15) is 0 Å². The number of fused-ring (bicyclic) bond motifs is 3. The largest absolute Gasteiger partial charge is 0.457 e. The number of benzene rings is 6. The Hall–Kier alpha value is -3.67. The van der Waals surface area contributed by atoms with E-state index in [-0.39, 0.29) is 0 Å². The molecule has 1 aliphatic heterocycles. The third kappa shape index (κ3) is 9.42. The first-order chi connectivity index (χ1) is 21.8. The monoisotopic (exact) mass is 612 g/mol. The molecule has 0 radical (unpaired) electrons. The fourth-order valence-corrected chi connectivity index (χ4v) is 6.16. The minimum Gasteiger partial charge on any atom is -0.457 e. The van der Waals surface area contributed by atoms with Gasteiger partial charge in [-0.3, -0.25) is 0 Å². The van der Waals surface area contributed by atoms with Crippen molar-refractivity contribution in [3.63, 3.8) is 0 Å². The summed E-state index contributed by atoms with van der Waals surface area (Å²) in [5.74, 6) is 2.66. The maximum atomic E-state index is 6.25. The van der Waals surface area contributed by atoms with Gasteiger partial charge in [-0.25, -0.2) is 0 Å². The fraction of sp³-hybridized carbons (Fsp3) is 0.302. The molecule has 1 saturated heterocycles. The SMILES string of the molecule is CCC(C)CC.CCC1CP1.Cc1ccc2ccc(Cc3ccc4ccc(Oc5ccc6ccc(C)cc6c5)cc4c3)cc2c1. The lowest BCUT2D eigenvalue weighted by Crippen LogP contribution is -1.90. The van der Waals surface area contributed by atoms with E-state index in [9.17, 15) is 0 Å². The molecule has 0 saturated carbocycles. The second kappa shape index (κ2) is 15.6. The normalized spacial score (nSPS) is 14.2. The van der Waals surface area contributed by atoms with Crippen molar-refractivity contribution in [1.82, 2.24) is 0 Å². The van der Waals surface area contributed by atoms with E-state index in [2.05, 4.69) is 139 Å². The Bertz CT molecular complexity index is 1740. The van der Waals surface area contributed by atoms with Crippen LogP contribution in [0.5, 0.6) is 11.5 Å². The Morgan fingerprint density at radius 1 is 0.578 bits per heavy atom. The molecule has 0 aliphatic carbocycles. The van der Waals surface area contributed by atoms with Gasteiger partial charge in [-0.1, -0.05) is 137 Å². The Morgan fingerprint density at radius 3 is 1.40 bits per heavy atom. The summed E-state index contributed by atoms with van der Waals surface area (Å²) in [5.41, 5.74) is 6.35. The predicted octanol–water partition coefficient (Wildman–Crippen LogP) is 13.0. The second-order valence-corrected chi connectivity index (χ2v) is 14.4. The van der Waals surface area contributed by atoms with Crippen molar-refractivity contribution in [2.75, 3.05) is 6.16 Å². The van der Waals surface area contributed by atoms with E-state index < -0.39 is 0 Å². The average Bonchev–Trinajstić information content (AvgIpc) is 3.90. The van der Waals surface area contributed by atoms with Crippen molar-refractivity contribution in [2.45, 2.75) is 72.9 Å². The number of hydrogen-bond acceptors (Lipinski definition) is 1. The molecule has 45 heavy (non-hydrogen) atoms. The second-order valence-electron chi connectivity index (χ2n) is 12.8. The van der Waals surface area contributed by atoms with Crippen LogP contribution in [0.25, 0.3) is 32.3 Å². The number of rotatable bonds is 7. The number of ether oxygens (including phenoxy) is 1. The van der Waals surface area contributed by atoms with Crippen molar-refractivity contribution < 1.29 is 4.74 Å². The van der Waals surface area contributed by atoms with Crippen molar-refractivity contribution in [1.29, 1.82) is 0 Å². The molecule has 2 unspecified atom stereocenters. The van der Waals surface area contributed by atoms with E-state index in [1.165, 1.54) is 88.6 Å². The lowest BCUT2D eigenvalue weighted by molar-refractivity contribution is 0.484. The summed E-state index contributed by atoms with van der Waals surface area (Å²) in [6.45, 7) is 13.3. The van der Waals surface area contributed by atoms with Crippen LogP contribution < -0.4 is 4.74 Å². The van der Waals surface area contributed by atoms with Gasteiger partial charge in [0.25, 0.3) is 0 Å². The molecule has 6 aromatic rings. The molecule has 1 heterocycles. The zero-order valence-electron chi connectivity index (χ0n) is 28.0. The van der Waals surface area contributed by atoms with Gasteiger partial charge in [0.1, 0.15) is 11.5 Å². The van der Waals surface area contributed by atoms with Crippen molar-refractivity contribution in [3.05, 3.63) is 131 Å². The van der Waals surface area contributed by atoms with E-state index in [1.54, 1.807) is 0 Å². The van der Waals surface area contributed by atoms with Crippen molar-refractivity contribution in [2.24, 2.45) is 5.92 Å². The molecule has 1 nitrogen and oxygen atoms in total. The Kier molecular flexibility index (Phi) is 11.3. The minimum absolute atomic E-state index is 0.859. The van der Waals surface area contributed by atoms with Crippen LogP contribution in [0.15, 0.2) is 109 Å². The van der Waals surface area contributed by atoms with Crippen LogP contribution in [0.3, 0.4) is 0 Å². The number of aryl methyl sites for hydroxylation is 2. The summed E-state index contributed by atoms with van der Waals surface area (Å²) in [7, 11) is 1.32. The predicted molar refractivity (Wildman–Crippen MR) is 201 cm³/mol. The molecule has 0 spiro atoms. The smallest absolute Gasteiger partial charge is 0.128 e. The third-order valence-electron chi connectivity index (χ3n) is 8.93. The minimum atomic E-state index is 0.859. The molecule has 6 aromatic carbocycles. The molecular formula is C43H49OP. The van der Waals surface area contributed by atoms with E-state index in [4.69, 9.17) is 4.74 Å². The molecule has 7 rings (SSSR count). The lowest BCUT2D eigenvalue weighted by atomic mass is 9.98. The van der Waals surface area contributed by atoms with Crippen LogP contribution >= 0.6 is 8.58 Å². The molecule has 2 atom stereocenters. The van der Waals surface area contributed by atoms with Crippen molar-refractivity contribution in [3.8, 4) is 11.5 Å². The van der Waals surface area contributed by atoms with E-state index in [0.717, 1.165) is 29.5 Å². The Balaban J connectivity index is 0.000000310. The van der Waals surface area contributed by atoms with E-state index in [0.29, 0.717) is 0 Å². The first-order valence-electron chi connectivity index (χ1n) is 16.8. The van der Waals surface area contributed by atoms with Gasteiger partial charge in [0.05, 0.1) is 0 Å². The van der Waals surface area contributed by atoms with Gasteiger partial charge >= 0.3 is 0 Å². The van der Waals surface area contributed by atoms with E-state index in [1.807, 2.05) is 12.1 Å². The lowest BCUT2D eigenvalue weighted by Gasteiger charge is -2.10. The van der Waals surface area contributed by atoms with Crippen LogP contribution in [0, 0.1) is 19.8 Å². The van der Waals surface area contributed by atoms with E-state index >= 15 is 0 Å². The molecule has 2 heteroatoms. The maximum absolute atomic E-state index is 6.25. The summed E-state index contributed by atoms with van der Waals surface area (Å²) < 4.78 is 6.25. The quantitative estimate of drug-likeness (QED) is 0.163. The molecule has 0 aromatic heterocycles. The summed E-state index contributed by atoms with van der Waals surface area (Å²) in [6.07, 6.45) is 6.54. The molecule has 0 bridgehead atoms. The van der Waals surface area contributed by atoms with Crippen molar-refractivity contribution >= 4 is 40.9 Å². The highest BCUT2D eigenvalue weighted by atomic mass is 31.1. The topological polar surface area (TPSA) is 9.23 Å². The van der Waals surface area contributed by atoms with Gasteiger partial charge in [-0.05, 0) is 112 Å². The van der Waals surface area contributed by atoms with Crippen LogP contribution in [-0.4, -0.2) is 11.8 Å². The van der Waals surface area contributed by atoms with Crippen LogP contribution in [0.4, 0.5) is 0 Å². The van der Waals surface area contributed by atoms with Crippen LogP contribution in [0.2, 0.25) is 0 Å². The highest BCUT2D eigenvalue weighted by molar-refractivity contribution is 7.47. The Labute approximate surface area is 272 Å². The zero-order chi connectivity index (χ0) is 31.8. The fourth-order valence-electron chi connectivity index (χ4n) is 5.41. The van der Waals surface area contributed by atoms with Gasteiger partial charge in [0.2, 0.25) is 0 Å². The summed E-state index contributed by atoms with van der Waals surface area (Å²) in [6, 6.07) is 39.2. The molecule has 1 fully saturated rings. The van der Waals surface area contributed by atoms with Gasteiger partial charge in [0, 0.05) is 0 Å². The average molecular weight is 613 g/mol. The molecule has 0 amide bonds. The summed E-state index contributed by atoms with van der Waals surface area (Å²) in [5, 5.41) is 7.44. The Morgan fingerprint density at radius 2 is 1.00 bits per heavy atom. The van der Waals surface area contributed by atoms with Crippen LogP contribution in [-0.2, 0) is 6.42 Å².